The van der Waals surface area contributed by atoms with Gasteiger partial charge in [-0.25, -0.2) is 4.79 Å². The zero-order chi connectivity index (χ0) is 15.0. The zero-order valence-electron chi connectivity index (χ0n) is 11.8. The summed E-state index contributed by atoms with van der Waals surface area (Å²) in [4.78, 5) is 23.9. The van der Waals surface area contributed by atoms with Gasteiger partial charge in [-0.05, 0) is 25.5 Å². The molecule has 0 spiro atoms. The fourth-order valence-corrected chi connectivity index (χ4v) is 1.82. The van der Waals surface area contributed by atoms with E-state index in [0.29, 0.717) is 18.4 Å². The predicted molar refractivity (Wildman–Crippen MR) is 75.2 cm³/mol. The van der Waals surface area contributed by atoms with Gasteiger partial charge in [-0.3, -0.25) is 4.79 Å². The maximum absolute atomic E-state index is 12.0. The van der Waals surface area contributed by atoms with Crippen LogP contribution < -0.4 is 5.32 Å². The Balaban J connectivity index is 2.78. The van der Waals surface area contributed by atoms with Crippen LogP contribution in [0, 0.1) is 0 Å². The lowest BCUT2D eigenvalue weighted by molar-refractivity contribution is -0.148. The van der Waals surface area contributed by atoms with Gasteiger partial charge in [0.25, 0.3) is 5.91 Å². The number of carbonyl (C=O) groups excluding carboxylic acids is 2. The van der Waals surface area contributed by atoms with Crippen LogP contribution in [0.3, 0.4) is 0 Å². The van der Waals surface area contributed by atoms with Crippen LogP contribution in [-0.4, -0.2) is 35.7 Å². The maximum atomic E-state index is 12.0. The summed E-state index contributed by atoms with van der Waals surface area (Å²) in [7, 11) is 0. The smallest absolute Gasteiger partial charge is 0.331 e. The molecule has 0 aromatic heterocycles. The monoisotopic (exact) mass is 279 g/mol. The highest BCUT2D eigenvalue weighted by Crippen LogP contribution is 2.07. The third-order valence-corrected chi connectivity index (χ3v) is 2.83. The van der Waals surface area contributed by atoms with E-state index in [9.17, 15) is 14.7 Å². The van der Waals surface area contributed by atoms with Crippen molar-refractivity contribution in [2.24, 2.45) is 0 Å². The first-order chi connectivity index (χ1) is 9.60. The maximum Gasteiger partial charge on any atom is 0.331 e. The third kappa shape index (κ3) is 4.66. The number of carbonyl (C=O) groups is 2. The lowest BCUT2D eigenvalue weighted by Crippen LogP contribution is -2.49. The SMILES string of the molecule is CCC[C@H](O)[C@H](NC(=O)c1ccccc1)C(=O)OCC. The van der Waals surface area contributed by atoms with Gasteiger partial charge in [0.1, 0.15) is 0 Å². The lowest BCUT2D eigenvalue weighted by atomic mass is 10.1. The van der Waals surface area contributed by atoms with Gasteiger partial charge in [0.15, 0.2) is 6.04 Å². The summed E-state index contributed by atoms with van der Waals surface area (Å²) in [6.45, 7) is 3.78. The molecule has 20 heavy (non-hydrogen) atoms. The van der Waals surface area contributed by atoms with E-state index in [1.807, 2.05) is 6.92 Å². The van der Waals surface area contributed by atoms with Crippen LogP contribution in [0.5, 0.6) is 0 Å². The Hall–Kier alpha value is -1.88. The number of benzene rings is 1. The van der Waals surface area contributed by atoms with E-state index in [0.717, 1.165) is 0 Å². The number of amides is 1. The number of ether oxygens (including phenoxy) is 1. The molecule has 2 atom stereocenters. The quantitative estimate of drug-likeness (QED) is 0.742. The van der Waals surface area contributed by atoms with E-state index in [-0.39, 0.29) is 6.61 Å². The molecule has 0 saturated carbocycles. The Morgan fingerprint density at radius 2 is 1.90 bits per heavy atom. The Labute approximate surface area is 118 Å². The highest BCUT2D eigenvalue weighted by molar-refractivity contribution is 5.96. The van der Waals surface area contributed by atoms with Gasteiger partial charge in [-0.15, -0.1) is 0 Å². The largest absolute Gasteiger partial charge is 0.464 e. The number of hydrogen-bond donors (Lipinski definition) is 2. The Morgan fingerprint density at radius 1 is 1.25 bits per heavy atom. The van der Waals surface area contributed by atoms with E-state index in [2.05, 4.69) is 5.32 Å². The van der Waals surface area contributed by atoms with Gasteiger partial charge in [0.2, 0.25) is 0 Å². The topological polar surface area (TPSA) is 75.6 Å². The number of hydrogen-bond acceptors (Lipinski definition) is 4. The van der Waals surface area contributed by atoms with E-state index < -0.39 is 24.0 Å². The molecule has 0 bridgehead atoms. The Morgan fingerprint density at radius 3 is 2.45 bits per heavy atom. The molecule has 1 aromatic rings. The van der Waals surface area contributed by atoms with Crippen molar-refractivity contribution in [3.8, 4) is 0 Å². The standard InChI is InChI=1S/C15H21NO4/c1-3-8-12(17)13(15(19)20-4-2)16-14(18)11-9-6-5-7-10-11/h5-7,9-10,12-13,17H,3-4,8H2,1-2H3,(H,16,18)/t12-,13-/m0/s1. The molecule has 1 amide bonds. The molecule has 110 valence electrons. The predicted octanol–water partition coefficient (Wildman–Crippen LogP) is 1.51. The molecule has 0 heterocycles. The second kappa shape index (κ2) is 8.32. The van der Waals surface area contributed by atoms with Gasteiger partial charge in [-0.2, -0.15) is 0 Å². The first-order valence-corrected chi connectivity index (χ1v) is 6.80. The molecule has 0 unspecified atom stereocenters. The van der Waals surface area contributed by atoms with Crippen LogP contribution in [0.4, 0.5) is 0 Å². The van der Waals surface area contributed by atoms with Gasteiger partial charge in [0, 0.05) is 5.56 Å². The second-order valence-corrected chi connectivity index (χ2v) is 4.43. The van der Waals surface area contributed by atoms with Gasteiger partial charge < -0.3 is 15.2 Å². The second-order valence-electron chi connectivity index (χ2n) is 4.43. The minimum atomic E-state index is -1.04. The molecule has 0 radical (unpaired) electrons. The van der Waals surface area contributed by atoms with Crippen LogP contribution in [0.25, 0.3) is 0 Å². The summed E-state index contributed by atoms with van der Waals surface area (Å²) in [6.07, 6.45) is 0.170. The molecule has 0 aliphatic carbocycles. The third-order valence-electron chi connectivity index (χ3n) is 2.83. The molecule has 0 saturated heterocycles. The van der Waals surface area contributed by atoms with Gasteiger partial charge >= 0.3 is 5.97 Å². The van der Waals surface area contributed by atoms with E-state index >= 15 is 0 Å². The molecule has 0 aliphatic heterocycles. The molecular weight excluding hydrogens is 258 g/mol. The van der Waals surface area contributed by atoms with E-state index in [1.165, 1.54) is 0 Å². The summed E-state index contributed by atoms with van der Waals surface area (Å²) < 4.78 is 4.89. The fourth-order valence-electron chi connectivity index (χ4n) is 1.82. The first-order valence-electron chi connectivity index (χ1n) is 6.80. The summed E-state index contributed by atoms with van der Waals surface area (Å²) in [5, 5.41) is 12.5. The normalized spacial score (nSPS) is 13.3. The van der Waals surface area contributed by atoms with Crippen molar-refractivity contribution in [2.45, 2.75) is 38.8 Å². The van der Waals surface area contributed by atoms with Crippen LogP contribution >= 0.6 is 0 Å². The van der Waals surface area contributed by atoms with E-state index in [4.69, 9.17) is 4.74 Å². The average molecular weight is 279 g/mol. The van der Waals surface area contributed by atoms with Crippen LogP contribution in [-0.2, 0) is 9.53 Å². The van der Waals surface area contributed by atoms with Crippen LogP contribution in [0.1, 0.15) is 37.0 Å². The molecule has 5 nitrogen and oxygen atoms in total. The van der Waals surface area contributed by atoms with Crippen molar-refractivity contribution in [3.63, 3.8) is 0 Å². The number of rotatable bonds is 7. The lowest BCUT2D eigenvalue weighted by Gasteiger charge is -2.22. The molecule has 5 heteroatoms. The van der Waals surface area contributed by atoms with Crippen molar-refractivity contribution in [3.05, 3.63) is 35.9 Å². The number of nitrogens with one attached hydrogen (secondary N) is 1. The fraction of sp³-hybridized carbons (Fsp3) is 0.467. The summed E-state index contributed by atoms with van der Waals surface area (Å²) in [6, 6.07) is 7.51. The van der Waals surface area contributed by atoms with Crippen molar-refractivity contribution in [2.75, 3.05) is 6.61 Å². The van der Waals surface area contributed by atoms with Crippen molar-refractivity contribution >= 4 is 11.9 Å². The first kappa shape index (κ1) is 16.2. The highest BCUT2D eigenvalue weighted by Gasteiger charge is 2.29. The van der Waals surface area contributed by atoms with Crippen molar-refractivity contribution < 1.29 is 19.4 Å². The highest BCUT2D eigenvalue weighted by atomic mass is 16.5. The minimum Gasteiger partial charge on any atom is -0.464 e. The molecule has 2 N–H and O–H groups in total. The Kier molecular flexibility index (Phi) is 6.73. The average Bonchev–Trinajstić information content (AvgIpc) is 2.45. The number of aliphatic hydroxyl groups is 1. The molecule has 1 rings (SSSR count). The van der Waals surface area contributed by atoms with Crippen LogP contribution in [0.2, 0.25) is 0 Å². The minimum absolute atomic E-state index is 0.204. The summed E-state index contributed by atoms with van der Waals surface area (Å²) >= 11 is 0. The van der Waals surface area contributed by atoms with Crippen molar-refractivity contribution in [1.29, 1.82) is 0 Å². The molecular formula is C15H21NO4. The molecule has 0 fully saturated rings. The van der Waals surface area contributed by atoms with Gasteiger partial charge in [-0.1, -0.05) is 31.5 Å². The summed E-state index contributed by atoms with van der Waals surface area (Å²) in [5.41, 5.74) is 0.436. The molecule has 0 aliphatic rings. The zero-order valence-corrected chi connectivity index (χ0v) is 11.8. The number of aliphatic hydroxyl groups excluding tert-OH is 1. The van der Waals surface area contributed by atoms with Crippen LogP contribution in [0.15, 0.2) is 30.3 Å². The number of esters is 1. The van der Waals surface area contributed by atoms with Gasteiger partial charge in [0.05, 0.1) is 12.7 Å². The molecule has 1 aromatic carbocycles. The summed E-state index contributed by atoms with van der Waals surface area (Å²) in [5.74, 6) is -1.02. The van der Waals surface area contributed by atoms with E-state index in [1.54, 1.807) is 37.3 Å². The Bertz CT molecular complexity index is 433. The van der Waals surface area contributed by atoms with Crippen molar-refractivity contribution in [1.82, 2.24) is 5.32 Å².